The topological polar surface area (TPSA) is 78.5 Å². The third-order valence-electron chi connectivity index (χ3n) is 4.11. The normalized spacial score (nSPS) is 18.3. The number of likely N-dealkylation sites (N-methyl/N-ethyl adjacent to an activating group) is 1. The maximum atomic E-state index is 12.7. The van der Waals surface area contributed by atoms with E-state index in [1.54, 1.807) is 45.0 Å². The van der Waals surface area contributed by atoms with Crippen LogP contribution in [0, 0.1) is 0 Å². The number of rotatable bonds is 5. The van der Waals surface area contributed by atoms with Gasteiger partial charge in [-0.15, -0.1) is 12.4 Å². The lowest BCUT2D eigenvalue weighted by Gasteiger charge is -2.32. The van der Waals surface area contributed by atoms with E-state index in [0.29, 0.717) is 23.7 Å². The van der Waals surface area contributed by atoms with Gasteiger partial charge in [0.2, 0.25) is 10.0 Å². The number of likely N-dealkylation sites (tertiary alicyclic amines) is 1. The minimum absolute atomic E-state index is 0. The van der Waals surface area contributed by atoms with Gasteiger partial charge in [0.05, 0.1) is 5.75 Å². The molecule has 0 bridgehead atoms. The molecule has 1 aliphatic rings. The summed E-state index contributed by atoms with van der Waals surface area (Å²) in [7, 11) is -1.55. The van der Waals surface area contributed by atoms with Gasteiger partial charge in [-0.25, -0.2) is 13.1 Å². The Balaban J connectivity index is 0.00000338. The fraction of sp³-hybridized carbons (Fsp3) is 0.611. The summed E-state index contributed by atoms with van der Waals surface area (Å²) >= 11 is 0. The van der Waals surface area contributed by atoms with Gasteiger partial charge in [-0.05, 0) is 58.4 Å². The van der Waals surface area contributed by atoms with Crippen molar-refractivity contribution >= 4 is 28.3 Å². The zero-order valence-electron chi connectivity index (χ0n) is 15.9. The van der Waals surface area contributed by atoms with Crippen LogP contribution in [-0.2, 0) is 15.8 Å². The molecule has 0 saturated carbocycles. The van der Waals surface area contributed by atoms with Gasteiger partial charge in [-0.1, -0.05) is 12.1 Å². The molecule has 1 aromatic carbocycles. The number of hydrogen-bond donors (Lipinski definition) is 2. The quantitative estimate of drug-likeness (QED) is 0.789. The lowest BCUT2D eigenvalue weighted by atomic mass is 10.0. The molecule has 1 atom stereocenters. The second kappa shape index (κ2) is 9.17. The molecule has 1 heterocycles. The maximum absolute atomic E-state index is 12.7. The number of hydrogen-bond acceptors (Lipinski definition) is 4. The molecule has 1 fully saturated rings. The van der Waals surface area contributed by atoms with Crippen LogP contribution >= 0.6 is 12.4 Å². The largest absolute Gasteiger partial charge is 0.337 e. The number of nitrogens with one attached hydrogen (secondary N) is 2. The second-order valence-corrected chi connectivity index (χ2v) is 9.41. The number of nitrogens with zero attached hydrogens (tertiary/aromatic N) is 1. The maximum Gasteiger partial charge on any atom is 0.253 e. The molecular weight excluding hydrogens is 374 g/mol. The number of amides is 1. The molecule has 1 unspecified atom stereocenters. The molecule has 6 nitrogen and oxygen atoms in total. The molecule has 148 valence electrons. The Morgan fingerprint density at radius 3 is 2.62 bits per heavy atom. The lowest BCUT2D eigenvalue weighted by Crippen LogP contribution is -2.47. The van der Waals surface area contributed by atoms with Crippen LogP contribution in [0.25, 0.3) is 0 Å². The van der Waals surface area contributed by atoms with Crippen molar-refractivity contribution in [2.75, 3.05) is 20.1 Å². The first-order valence-electron chi connectivity index (χ1n) is 8.67. The molecule has 8 heteroatoms. The van der Waals surface area contributed by atoms with E-state index in [2.05, 4.69) is 10.0 Å². The summed E-state index contributed by atoms with van der Waals surface area (Å²) in [6.45, 7) is 6.84. The van der Waals surface area contributed by atoms with Gasteiger partial charge in [0.1, 0.15) is 0 Å². The standard InChI is InChI=1S/C18H29N3O3S.ClH/c1-18(2,3)20-25(23,24)13-14-7-5-8-15(11-14)17(22)21-10-6-9-16(12-21)19-4;/h5,7-8,11,16,19-20H,6,9-10,12-13H2,1-4H3;1H. The van der Waals surface area contributed by atoms with E-state index < -0.39 is 15.6 Å². The van der Waals surface area contributed by atoms with Crippen molar-refractivity contribution in [1.29, 1.82) is 0 Å². The van der Waals surface area contributed by atoms with Crippen molar-refractivity contribution in [3.63, 3.8) is 0 Å². The summed E-state index contributed by atoms with van der Waals surface area (Å²) < 4.78 is 27.2. The van der Waals surface area contributed by atoms with Crippen LogP contribution in [0.15, 0.2) is 24.3 Å². The average molecular weight is 404 g/mol. The number of piperidine rings is 1. The van der Waals surface area contributed by atoms with Gasteiger partial charge in [-0.3, -0.25) is 4.79 Å². The Labute approximate surface area is 163 Å². The van der Waals surface area contributed by atoms with Gasteiger partial charge in [0.25, 0.3) is 5.91 Å². The van der Waals surface area contributed by atoms with Crippen molar-refractivity contribution < 1.29 is 13.2 Å². The highest BCUT2D eigenvalue weighted by atomic mass is 35.5. The third kappa shape index (κ3) is 6.87. The first kappa shape index (κ1) is 22.9. The Hall–Kier alpha value is -1.15. The van der Waals surface area contributed by atoms with E-state index in [1.807, 2.05) is 11.9 Å². The van der Waals surface area contributed by atoms with Crippen molar-refractivity contribution in [1.82, 2.24) is 14.9 Å². The van der Waals surface area contributed by atoms with Crippen LogP contribution in [0.4, 0.5) is 0 Å². The van der Waals surface area contributed by atoms with E-state index in [0.717, 1.165) is 19.4 Å². The fourth-order valence-corrected chi connectivity index (χ4v) is 4.72. The van der Waals surface area contributed by atoms with E-state index in [-0.39, 0.29) is 24.1 Å². The molecule has 1 amide bonds. The van der Waals surface area contributed by atoms with Gasteiger partial charge in [0.15, 0.2) is 0 Å². The summed E-state index contributed by atoms with van der Waals surface area (Å²) in [4.78, 5) is 14.6. The Morgan fingerprint density at radius 1 is 1.31 bits per heavy atom. The SMILES string of the molecule is CNC1CCCN(C(=O)c2cccc(CS(=O)(=O)NC(C)(C)C)c2)C1.Cl. The molecule has 0 aliphatic carbocycles. The van der Waals surface area contributed by atoms with E-state index >= 15 is 0 Å². The highest BCUT2D eigenvalue weighted by Crippen LogP contribution is 2.16. The first-order valence-corrected chi connectivity index (χ1v) is 10.3. The molecule has 1 saturated heterocycles. The van der Waals surface area contributed by atoms with Crippen molar-refractivity contribution in [2.24, 2.45) is 0 Å². The molecule has 0 radical (unpaired) electrons. The highest BCUT2D eigenvalue weighted by molar-refractivity contribution is 7.88. The van der Waals surface area contributed by atoms with E-state index in [9.17, 15) is 13.2 Å². The van der Waals surface area contributed by atoms with Crippen LogP contribution in [-0.4, -0.2) is 50.9 Å². The van der Waals surface area contributed by atoms with Crippen LogP contribution in [0.2, 0.25) is 0 Å². The predicted octanol–water partition coefficient (Wildman–Crippen LogP) is 2.15. The number of benzene rings is 1. The average Bonchev–Trinajstić information content (AvgIpc) is 2.51. The summed E-state index contributed by atoms with van der Waals surface area (Å²) in [6.07, 6.45) is 2.04. The lowest BCUT2D eigenvalue weighted by molar-refractivity contribution is 0.0698. The highest BCUT2D eigenvalue weighted by Gasteiger charge is 2.24. The predicted molar refractivity (Wildman–Crippen MR) is 107 cm³/mol. The summed E-state index contributed by atoms with van der Waals surface area (Å²) in [5.74, 6) is -0.173. The molecule has 1 aliphatic heterocycles. The third-order valence-corrected chi connectivity index (χ3v) is 5.75. The monoisotopic (exact) mass is 403 g/mol. The number of carbonyl (C=O) groups excluding carboxylic acids is 1. The number of halogens is 1. The molecule has 26 heavy (non-hydrogen) atoms. The van der Waals surface area contributed by atoms with Crippen LogP contribution in [0.1, 0.15) is 49.5 Å². The zero-order chi connectivity index (χ0) is 18.7. The van der Waals surface area contributed by atoms with Crippen LogP contribution < -0.4 is 10.0 Å². The smallest absolute Gasteiger partial charge is 0.253 e. The minimum Gasteiger partial charge on any atom is -0.337 e. The van der Waals surface area contributed by atoms with E-state index in [4.69, 9.17) is 0 Å². The van der Waals surface area contributed by atoms with Gasteiger partial charge >= 0.3 is 0 Å². The van der Waals surface area contributed by atoms with E-state index in [1.165, 1.54) is 0 Å². The molecule has 2 rings (SSSR count). The van der Waals surface area contributed by atoms with Gasteiger partial charge in [0, 0.05) is 30.2 Å². The Morgan fingerprint density at radius 2 is 2.00 bits per heavy atom. The number of sulfonamides is 1. The van der Waals surface area contributed by atoms with Crippen molar-refractivity contribution in [2.45, 2.75) is 50.9 Å². The summed E-state index contributed by atoms with van der Waals surface area (Å²) in [5.41, 5.74) is 0.632. The summed E-state index contributed by atoms with van der Waals surface area (Å²) in [6, 6.07) is 7.24. The molecular formula is C18H30ClN3O3S. The molecule has 1 aromatic rings. The van der Waals surface area contributed by atoms with Gasteiger partial charge < -0.3 is 10.2 Å². The van der Waals surface area contributed by atoms with Crippen LogP contribution in [0.5, 0.6) is 0 Å². The Bertz CT molecular complexity index is 717. The van der Waals surface area contributed by atoms with Crippen LogP contribution in [0.3, 0.4) is 0 Å². The fourth-order valence-electron chi connectivity index (χ4n) is 3.10. The van der Waals surface area contributed by atoms with Gasteiger partial charge in [-0.2, -0.15) is 0 Å². The van der Waals surface area contributed by atoms with Crippen molar-refractivity contribution in [3.05, 3.63) is 35.4 Å². The first-order chi connectivity index (χ1) is 11.6. The number of carbonyl (C=O) groups is 1. The second-order valence-electron chi connectivity index (χ2n) is 7.69. The Kier molecular flexibility index (Phi) is 8.07. The molecule has 0 spiro atoms. The minimum atomic E-state index is -3.46. The zero-order valence-corrected chi connectivity index (χ0v) is 17.5. The van der Waals surface area contributed by atoms with Crippen molar-refractivity contribution in [3.8, 4) is 0 Å². The summed E-state index contributed by atoms with van der Waals surface area (Å²) in [5, 5.41) is 3.22. The molecule has 2 N–H and O–H groups in total. The molecule has 0 aromatic heterocycles.